The summed E-state index contributed by atoms with van der Waals surface area (Å²) in [7, 11) is 0. The topological polar surface area (TPSA) is 70.2 Å². The lowest BCUT2D eigenvalue weighted by atomic mass is 9.98. The van der Waals surface area contributed by atoms with Crippen LogP contribution < -0.4 is 4.74 Å². The number of benzene rings is 1. The molecule has 1 aromatic rings. The van der Waals surface area contributed by atoms with Crippen molar-refractivity contribution in [3.05, 3.63) is 42.5 Å². The number of likely N-dealkylation sites (tertiary alicyclic amines) is 1. The molecule has 0 unspecified atom stereocenters. The van der Waals surface area contributed by atoms with Crippen molar-refractivity contribution in [3.8, 4) is 5.75 Å². The van der Waals surface area contributed by atoms with Crippen molar-refractivity contribution >= 4 is 17.7 Å². The van der Waals surface area contributed by atoms with Crippen molar-refractivity contribution in [3.63, 3.8) is 0 Å². The maximum atomic E-state index is 12.5. The van der Waals surface area contributed by atoms with Crippen molar-refractivity contribution in [2.24, 2.45) is 5.92 Å². The number of rotatable bonds is 5. The number of aryl methyl sites for hydroxylation is 1. The Bertz CT molecular complexity index is 734. The number of ether oxygens (including phenoxy) is 1. The number of hydrogen-bond acceptors (Lipinski definition) is 4. The van der Waals surface area contributed by atoms with E-state index in [0.717, 1.165) is 5.56 Å². The summed E-state index contributed by atoms with van der Waals surface area (Å²) in [6, 6.07) is 7.59. The molecule has 0 spiro atoms. The van der Waals surface area contributed by atoms with Crippen LogP contribution in [0.3, 0.4) is 0 Å². The van der Waals surface area contributed by atoms with Crippen molar-refractivity contribution in [2.75, 3.05) is 45.9 Å². The minimum Gasteiger partial charge on any atom is -0.484 e. The van der Waals surface area contributed by atoms with E-state index >= 15 is 0 Å². The van der Waals surface area contributed by atoms with Gasteiger partial charge >= 0.3 is 0 Å². The molecule has 0 saturated carbocycles. The Labute approximate surface area is 159 Å². The fourth-order valence-corrected chi connectivity index (χ4v) is 3.33. The van der Waals surface area contributed by atoms with Crippen LogP contribution in [0, 0.1) is 12.8 Å². The zero-order valence-electron chi connectivity index (χ0n) is 15.6. The number of carbonyl (C=O) groups excluding carboxylic acids is 3. The molecular formula is C20H25N3O4. The molecule has 0 bridgehead atoms. The molecule has 7 heteroatoms. The smallest absolute Gasteiger partial charge is 0.260 e. The van der Waals surface area contributed by atoms with Crippen LogP contribution in [0.2, 0.25) is 0 Å². The lowest BCUT2D eigenvalue weighted by Gasteiger charge is -2.42. The second-order valence-corrected chi connectivity index (χ2v) is 6.90. The van der Waals surface area contributed by atoms with Gasteiger partial charge in [0, 0.05) is 39.3 Å². The molecule has 1 aromatic carbocycles. The molecule has 3 rings (SSSR count). The highest BCUT2D eigenvalue weighted by molar-refractivity contribution is 5.90. The molecule has 7 nitrogen and oxygen atoms in total. The molecule has 0 atom stereocenters. The monoisotopic (exact) mass is 371 g/mol. The zero-order chi connectivity index (χ0) is 19.4. The van der Waals surface area contributed by atoms with Crippen LogP contribution in [0.4, 0.5) is 0 Å². The molecule has 144 valence electrons. The van der Waals surface area contributed by atoms with Gasteiger partial charge in [0.25, 0.3) is 5.91 Å². The fourth-order valence-electron chi connectivity index (χ4n) is 3.33. The maximum absolute atomic E-state index is 12.5. The quantitative estimate of drug-likeness (QED) is 0.714. The number of hydrogen-bond donors (Lipinski definition) is 0. The maximum Gasteiger partial charge on any atom is 0.260 e. The van der Waals surface area contributed by atoms with Gasteiger partial charge in [-0.15, -0.1) is 0 Å². The van der Waals surface area contributed by atoms with Crippen LogP contribution in [0.5, 0.6) is 5.75 Å². The van der Waals surface area contributed by atoms with Crippen LogP contribution in [0.15, 0.2) is 36.9 Å². The first-order valence-electron chi connectivity index (χ1n) is 9.16. The van der Waals surface area contributed by atoms with Gasteiger partial charge in [0.1, 0.15) is 5.75 Å². The predicted molar refractivity (Wildman–Crippen MR) is 100 cm³/mol. The third kappa shape index (κ3) is 4.30. The number of nitrogens with zero attached hydrogens (tertiary/aromatic N) is 3. The van der Waals surface area contributed by atoms with E-state index in [0.29, 0.717) is 45.0 Å². The van der Waals surface area contributed by atoms with E-state index in [2.05, 4.69) is 6.58 Å². The van der Waals surface area contributed by atoms with Crippen molar-refractivity contribution in [1.82, 2.24) is 14.7 Å². The predicted octanol–water partition coefficient (Wildman–Crippen LogP) is 0.689. The molecule has 0 aliphatic carbocycles. The standard InChI is InChI=1S/C20H25N3O4/c1-3-18(24)23-12-16(13-23)20(26)22-10-8-21(9-11-22)19(25)14-27-17-7-5-4-6-15(17)2/h3-7,16H,1,8-14H2,2H3. The average molecular weight is 371 g/mol. The van der Waals surface area contributed by atoms with Crippen molar-refractivity contribution in [2.45, 2.75) is 6.92 Å². The molecule has 2 aliphatic rings. The lowest BCUT2D eigenvalue weighted by molar-refractivity contribution is -0.150. The van der Waals surface area contributed by atoms with E-state index in [9.17, 15) is 14.4 Å². The Morgan fingerprint density at radius 1 is 1.07 bits per heavy atom. The molecular weight excluding hydrogens is 346 g/mol. The van der Waals surface area contributed by atoms with Crippen LogP contribution in [-0.4, -0.2) is 78.3 Å². The summed E-state index contributed by atoms with van der Waals surface area (Å²) >= 11 is 0. The van der Waals surface area contributed by atoms with Gasteiger partial charge in [-0.05, 0) is 24.6 Å². The molecule has 0 aromatic heterocycles. The second-order valence-electron chi connectivity index (χ2n) is 6.90. The summed E-state index contributed by atoms with van der Waals surface area (Å²) in [6.45, 7) is 8.33. The molecule has 2 aliphatic heterocycles. The Hall–Kier alpha value is -2.83. The molecule has 3 amide bonds. The summed E-state index contributed by atoms with van der Waals surface area (Å²) in [5.41, 5.74) is 0.991. The summed E-state index contributed by atoms with van der Waals surface area (Å²) < 4.78 is 5.62. The van der Waals surface area contributed by atoms with Crippen LogP contribution in [-0.2, 0) is 14.4 Å². The van der Waals surface area contributed by atoms with Gasteiger partial charge in [-0.2, -0.15) is 0 Å². The highest BCUT2D eigenvalue weighted by atomic mass is 16.5. The summed E-state index contributed by atoms with van der Waals surface area (Å²) in [5, 5.41) is 0. The zero-order valence-corrected chi connectivity index (χ0v) is 15.6. The molecule has 2 saturated heterocycles. The first kappa shape index (κ1) is 18.9. The van der Waals surface area contributed by atoms with E-state index in [4.69, 9.17) is 4.74 Å². The van der Waals surface area contributed by atoms with Gasteiger partial charge in [0.05, 0.1) is 5.92 Å². The molecule has 0 radical (unpaired) electrons. The SMILES string of the molecule is C=CC(=O)N1CC(C(=O)N2CCN(C(=O)COc3ccccc3C)CC2)C1. The highest BCUT2D eigenvalue weighted by Crippen LogP contribution is 2.20. The largest absolute Gasteiger partial charge is 0.484 e. The Kier molecular flexibility index (Phi) is 5.78. The fraction of sp³-hybridized carbons (Fsp3) is 0.450. The van der Waals surface area contributed by atoms with Gasteiger partial charge in [0.15, 0.2) is 6.61 Å². The van der Waals surface area contributed by atoms with Crippen LogP contribution in [0.1, 0.15) is 5.56 Å². The second kappa shape index (κ2) is 8.24. The molecule has 2 fully saturated rings. The molecule has 0 N–H and O–H groups in total. The van der Waals surface area contributed by atoms with E-state index < -0.39 is 0 Å². The first-order chi connectivity index (χ1) is 13.0. The molecule has 2 heterocycles. The van der Waals surface area contributed by atoms with Crippen LogP contribution >= 0.6 is 0 Å². The third-order valence-electron chi connectivity index (χ3n) is 5.11. The van der Waals surface area contributed by atoms with Crippen molar-refractivity contribution < 1.29 is 19.1 Å². The Morgan fingerprint density at radius 3 is 2.33 bits per heavy atom. The molecule has 27 heavy (non-hydrogen) atoms. The van der Waals surface area contributed by atoms with Gasteiger partial charge in [-0.3, -0.25) is 14.4 Å². The number of carbonyl (C=O) groups is 3. The van der Waals surface area contributed by atoms with Crippen LogP contribution in [0.25, 0.3) is 0 Å². The third-order valence-corrected chi connectivity index (χ3v) is 5.11. The van der Waals surface area contributed by atoms with Gasteiger partial charge in [-0.25, -0.2) is 0 Å². The Balaban J connectivity index is 1.41. The van der Waals surface area contributed by atoms with E-state index in [1.165, 1.54) is 6.08 Å². The number of piperazine rings is 1. The average Bonchev–Trinajstić information content (AvgIpc) is 2.65. The summed E-state index contributed by atoms with van der Waals surface area (Å²) in [5.74, 6) is 0.426. The lowest BCUT2D eigenvalue weighted by Crippen LogP contribution is -2.59. The summed E-state index contributed by atoms with van der Waals surface area (Å²) in [4.78, 5) is 41.4. The van der Waals surface area contributed by atoms with Gasteiger partial charge in [0.2, 0.25) is 11.8 Å². The van der Waals surface area contributed by atoms with Crippen molar-refractivity contribution in [1.29, 1.82) is 0 Å². The minimum absolute atomic E-state index is 0.0000492. The van der Waals surface area contributed by atoms with Gasteiger partial charge < -0.3 is 19.4 Å². The van der Waals surface area contributed by atoms with E-state index in [-0.39, 0.29) is 30.2 Å². The minimum atomic E-state index is -0.138. The first-order valence-corrected chi connectivity index (χ1v) is 9.16. The number of para-hydroxylation sites is 1. The Morgan fingerprint density at radius 2 is 1.70 bits per heavy atom. The normalized spacial score (nSPS) is 17.3. The highest BCUT2D eigenvalue weighted by Gasteiger charge is 2.38. The number of amides is 3. The van der Waals surface area contributed by atoms with Gasteiger partial charge in [-0.1, -0.05) is 24.8 Å². The van der Waals surface area contributed by atoms with E-state index in [1.54, 1.807) is 14.7 Å². The summed E-state index contributed by atoms with van der Waals surface area (Å²) in [6.07, 6.45) is 1.27. The van der Waals surface area contributed by atoms with E-state index in [1.807, 2.05) is 31.2 Å².